The first-order valence-corrected chi connectivity index (χ1v) is 8.29. The van der Waals surface area contributed by atoms with Crippen LogP contribution in [0.25, 0.3) is 10.9 Å². The highest BCUT2D eigenvalue weighted by Gasteiger charge is 2.23. The first-order valence-electron chi connectivity index (χ1n) is 8.29. The van der Waals surface area contributed by atoms with Gasteiger partial charge in [0.2, 0.25) is 0 Å². The number of hydrogen-bond donors (Lipinski definition) is 0. The summed E-state index contributed by atoms with van der Waals surface area (Å²) in [6.07, 6.45) is 1.57. The molecule has 0 saturated carbocycles. The lowest BCUT2D eigenvalue weighted by atomic mass is 10.1. The number of non-ortho nitro benzene ring substituents is 1. The van der Waals surface area contributed by atoms with E-state index in [-0.39, 0.29) is 17.6 Å². The Balaban J connectivity index is 1.53. The van der Waals surface area contributed by atoms with Crippen molar-refractivity contribution in [1.29, 1.82) is 0 Å². The van der Waals surface area contributed by atoms with Crippen molar-refractivity contribution in [3.8, 4) is 0 Å². The lowest BCUT2D eigenvalue weighted by molar-refractivity contribution is -0.384. The zero-order valence-electron chi connectivity index (χ0n) is 13.9. The van der Waals surface area contributed by atoms with E-state index < -0.39 is 4.92 Å². The first kappa shape index (κ1) is 16.6. The van der Waals surface area contributed by atoms with Crippen molar-refractivity contribution in [3.05, 3.63) is 70.2 Å². The van der Waals surface area contributed by atoms with Gasteiger partial charge in [-0.05, 0) is 23.8 Å². The molecular weight excluding hydrogens is 339 g/mol. The predicted molar refractivity (Wildman–Crippen MR) is 93.1 cm³/mol. The number of morpholine rings is 1. The van der Waals surface area contributed by atoms with Crippen LogP contribution in [0.5, 0.6) is 0 Å². The third-order valence-corrected chi connectivity index (χ3v) is 4.57. The van der Waals surface area contributed by atoms with Gasteiger partial charge in [-0.1, -0.05) is 12.1 Å². The average molecular weight is 356 g/mol. The van der Waals surface area contributed by atoms with Crippen LogP contribution in [-0.2, 0) is 11.4 Å². The summed E-state index contributed by atoms with van der Waals surface area (Å²) in [6, 6.07) is 11.0. The molecule has 2 heterocycles. The molecule has 3 aromatic rings. The topological polar surface area (TPSA) is 73.4 Å². The van der Waals surface area contributed by atoms with Gasteiger partial charge in [0, 0.05) is 30.6 Å². The molecule has 0 aliphatic carbocycles. The van der Waals surface area contributed by atoms with E-state index in [4.69, 9.17) is 4.74 Å². The van der Waals surface area contributed by atoms with Gasteiger partial charge in [0.25, 0.3) is 5.69 Å². The third kappa shape index (κ3) is 3.29. The summed E-state index contributed by atoms with van der Waals surface area (Å²) in [5, 5.41) is 16.2. The smallest absolute Gasteiger partial charge is 0.271 e. The van der Waals surface area contributed by atoms with Crippen LogP contribution in [0.15, 0.2) is 48.7 Å². The van der Waals surface area contributed by atoms with Crippen molar-refractivity contribution in [2.45, 2.75) is 12.8 Å². The van der Waals surface area contributed by atoms with E-state index >= 15 is 0 Å². The molecule has 8 heteroatoms. The molecule has 1 atom stereocenters. The summed E-state index contributed by atoms with van der Waals surface area (Å²) in [5.74, 6) is -0.272. The van der Waals surface area contributed by atoms with Gasteiger partial charge in [-0.2, -0.15) is 5.10 Å². The summed E-state index contributed by atoms with van der Waals surface area (Å²) in [5.41, 5.74) is 1.70. The Morgan fingerprint density at radius 2 is 2.08 bits per heavy atom. The quantitative estimate of drug-likeness (QED) is 0.530. The molecule has 1 saturated heterocycles. The fraction of sp³-hybridized carbons (Fsp3) is 0.278. The van der Waals surface area contributed by atoms with Crippen molar-refractivity contribution in [2.24, 2.45) is 0 Å². The minimum absolute atomic E-state index is 0.0467. The van der Waals surface area contributed by atoms with Gasteiger partial charge in [0.15, 0.2) is 0 Å². The van der Waals surface area contributed by atoms with Crippen LogP contribution in [0.4, 0.5) is 10.1 Å². The number of aromatic nitrogens is 2. The fourth-order valence-electron chi connectivity index (χ4n) is 3.18. The van der Waals surface area contributed by atoms with Gasteiger partial charge in [0.1, 0.15) is 5.82 Å². The van der Waals surface area contributed by atoms with E-state index in [1.54, 1.807) is 35.1 Å². The second kappa shape index (κ2) is 6.81. The summed E-state index contributed by atoms with van der Waals surface area (Å²) < 4.78 is 20.7. The molecule has 1 aliphatic rings. The molecule has 0 N–H and O–H groups in total. The number of hydrogen-bond acceptors (Lipinski definition) is 5. The van der Waals surface area contributed by atoms with Crippen molar-refractivity contribution in [3.63, 3.8) is 0 Å². The zero-order valence-corrected chi connectivity index (χ0v) is 13.9. The summed E-state index contributed by atoms with van der Waals surface area (Å²) in [7, 11) is 0. The molecule has 1 fully saturated rings. The molecule has 134 valence electrons. The second-order valence-electron chi connectivity index (χ2n) is 6.27. The van der Waals surface area contributed by atoms with Crippen molar-refractivity contribution >= 4 is 16.6 Å². The SMILES string of the molecule is O=[N+]([O-])c1ccc2cnn(CN3CCOC(c4ccc(F)cc4)C3)c2c1. The van der Waals surface area contributed by atoms with Crippen molar-refractivity contribution in [1.82, 2.24) is 14.7 Å². The molecule has 0 bridgehead atoms. The molecule has 1 unspecified atom stereocenters. The van der Waals surface area contributed by atoms with Crippen molar-refractivity contribution < 1.29 is 14.1 Å². The minimum atomic E-state index is -0.407. The standard InChI is InChI=1S/C18H17FN4O3/c19-15-4-1-13(2-5-15)18-11-21(7-8-26-18)12-22-17-9-16(23(24)25)6-3-14(17)10-20-22/h1-6,9-10,18H,7-8,11-12H2. The molecule has 7 nitrogen and oxygen atoms in total. The summed E-state index contributed by atoms with van der Waals surface area (Å²) in [6.45, 7) is 2.43. The Bertz CT molecular complexity index is 941. The van der Waals surface area contributed by atoms with Gasteiger partial charge in [-0.15, -0.1) is 0 Å². The largest absolute Gasteiger partial charge is 0.371 e. The number of benzene rings is 2. The molecule has 0 spiro atoms. The summed E-state index contributed by atoms with van der Waals surface area (Å²) in [4.78, 5) is 12.8. The number of rotatable bonds is 4. The van der Waals surface area contributed by atoms with Gasteiger partial charge in [-0.3, -0.25) is 19.7 Å². The maximum Gasteiger partial charge on any atom is 0.271 e. The van der Waals surface area contributed by atoms with Crippen LogP contribution in [0.3, 0.4) is 0 Å². The molecule has 0 radical (unpaired) electrons. The van der Waals surface area contributed by atoms with Crippen LogP contribution in [0, 0.1) is 15.9 Å². The van der Waals surface area contributed by atoms with Crippen LogP contribution in [0.2, 0.25) is 0 Å². The minimum Gasteiger partial charge on any atom is -0.371 e. The molecule has 2 aromatic carbocycles. The number of ether oxygens (including phenoxy) is 1. The van der Waals surface area contributed by atoms with Gasteiger partial charge in [0.05, 0.1) is 36.0 Å². The highest BCUT2D eigenvalue weighted by molar-refractivity contribution is 5.80. The lowest BCUT2D eigenvalue weighted by Gasteiger charge is -2.33. The highest BCUT2D eigenvalue weighted by atomic mass is 19.1. The molecule has 26 heavy (non-hydrogen) atoms. The van der Waals surface area contributed by atoms with E-state index in [0.717, 1.165) is 23.0 Å². The number of fused-ring (bicyclic) bond motifs is 1. The Labute approximate surface area is 148 Å². The predicted octanol–water partition coefficient (Wildman–Crippen LogP) is 3.11. The normalized spacial score (nSPS) is 18.3. The molecule has 1 aromatic heterocycles. The highest BCUT2D eigenvalue weighted by Crippen LogP contribution is 2.24. The van der Waals surface area contributed by atoms with E-state index in [1.165, 1.54) is 18.2 Å². The molecule has 1 aliphatic heterocycles. The van der Waals surface area contributed by atoms with Crippen molar-refractivity contribution in [2.75, 3.05) is 19.7 Å². The van der Waals surface area contributed by atoms with E-state index in [2.05, 4.69) is 10.00 Å². The Morgan fingerprint density at radius 3 is 2.85 bits per heavy atom. The van der Waals surface area contributed by atoms with Gasteiger partial charge < -0.3 is 4.74 Å². The number of nitrogens with zero attached hydrogens (tertiary/aromatic N) is 4. The van der Waals surface area contributed by atoms with E-state index in [9.17, 15) is 14.5 Å². The van der Waals surface area contributed by atoms with E-state index in [0.29, 0.717) is 19.8 Å². The van der Waals surface area contributed by atoms with E-state index in [1.807, 2.05) is 0 Å². The number of halogens is 1. The van der Waals surface area contributed by atoms with Crippen LogP contribution in [0.1, 0.15) is 11.7 Å². The lowest BCUT2D eigenvalue weighted by Crippen LogP contribution is -2.39. The Kier molecular flexibility index (Phi) is 4.36. The maximum atomic E-state index is 13.1. The maximum absolute atomic E-state index is 13.1. The number of nitro benzene ring substituents is 1. The monoisotopic (exact) mass is 356 g/mol. The first-order chi connectivity index (χ1) is 12.6. The van der Waals surface area contributed by atoms with Crippen LogP contribution in [-0.4, -0.2) is 39.3 Å². The Hall–Kier alpha value is -2.84. The zero-order chi connectivity index (χ0) is 18.1. The third-order valence-electron chi connectivity index (χ3n) is 4.57. The number of nitro groups is 1. The Morgan fingerprint density at radius 1 is 1.27 bits per heavy atom. The molecular formula is C18H17FN4O3. The van der Waals surface area contributed by atoms with Crippen LogP contribution >= 0.6 is 0 Å². The second-order valence-corrected chi connectivity index (χ2v) is 6.27. The van der Waals surface area contributed by atoms with Crippen LogP contribution < -0.4 is 0 Å². The van der Waals surface area contributed by atoms with Gasteiger partial charge >= 0.3 is 0 Å². The van der Waals surface area contributed by atoms with Gasteiger partial charge in [-0.25, -0.2) is 4.39 Å². The fourth-order valence-corrected chi connectivity index (χ4v) is 3.18. The summed E-state index contributed by atoms with van der Waals surface area (Å²) >= 11 is 0. The average Bonchev–Trinajstić information content (AvgIpc) is 3.04. The molecule has 4 rings (SSSR count). The molecule has 0 amide bonds.